The Morgan fingerprint density at radius 1 is 1.57 bits per heavy atom. The van der Waals surface area contributed by atoms with Gasteiger partial charge >= 0.3 is 5.97 Å². The van der Waals surface area contributed by atoms with E-state index in [4.69, 9.17) is 16.7 Å². The van der Waals surface area contributed by atoms with Crippen molar-refractivity contribution in [2.24, 2.45) is 0 Å². The largest absolute Gasteiger partial charge is 0.505 e. The normalized spacial score (nSPS) is 12.5. The standard InChI is InChI=1S/C9H8ClFO3/c1-4(9(13)14)7-5(10)2-3-6(11)8(7)12/h2-4,12H,1H3,(H,13,14). The number of phenols is 1. The molecule has 1 aromatic rings. The number of phenolic OH excluding ortho intramolecular Hbond substituents is 1. The topological polar surface area (TPSA) is 57.5 Å². The van der Waals surface area contributed by atoms with Crippen LogP contribution in [0, 0.1) is 5.82 Å². The predicted octanol–water partition coefficient (Wildman–Crippen LogP) is 2.37. The SMILES string of the molecule is CC(C(=O)O)c1c(Cl)ccc(F)c1O. The maximum absolute atomic E-state index is 12.9. The average molecular weight is 219 g/mol. The molecule has 1 aromatic carbocycles. The third-order valence-electron chi connectivity index (χ3n) is 1.92. The highest BCUT2D eigenvalue weighted by atomic mass is 35.5. The number of rotatable bonds is 2. The van der Waals surface area contributed by atoms with Crippen molar-refractivity contribution < 1.29 is 19.4 Å². The molecule has 14 heavy (non-hydrogen) atoms. The third-order valence-corrected chi connectivity index (χ3v) is 2.25. The van der Waals surface area contributed by atoms with Crippen molar-refractivity contribution in [3.05, 3.63) is 28.5 Å². The van der Waals surface area contributed by atoms with Crippen molar-refractivity contribution >= 4 is 17.6 Å². The molecule has 0 aliphatic carbocycles. The Morgan fingerprint density at radius 2 is 2.14 bits per heavy atom. The van der Waals surface area contributed by atoms with Crippen LogP contribution in [-0.2, 0) is 4.79 Å². The molecular formula is C9H8ClFO3. The Bertz CT molecular complexity index is 379. The van der Waals surface area contributed by atoms with Crippen LogP contribution in [0.25, 0.3) is 0 Å². The van der Waals surface area contributed by atoms with Crippen molar-refractivity contribution in [1.82, 2.24) is 0 Å². The van der Waals surface area contributed by atoms with E-state index in [1.54, 1.807) is 0 Å². The van der Waals surface area contributed by atoms with E-state index >= 15 is 0 Å². The number of carbonyl (C=O) groups is 1. The van der Waals surface area contributed by atoms with Crippen LogP contribution in [0.2, 0.25) is 5.02 Å². The van der Waals surface area contributed by atoms with Crippen molar-refractivity contribution in [3.8, 4) is 5.75 Å². The summed E-state index contributed by atoms with van der Waals surface area (Å²) in [4.78, 5) is 10.6. The summed E-state index contributed by atoms with van der Waals surface area (Å²) in [5.41, 5.74) is -0.0980. The van der Waals surface area contributed by atoms with Gasteiger partial charge in [0.15, 0.2) is 11.6 Å². The van der Waals surface area contributed by atoms with Crippen LogP contribution < -0.4 is 0 Å². The average Bonchev–Trinajstić information content (AvgIpc) is 2.12. The molecule has 0 saturated heterocycles. The molecule has 0 aliphatic rings. The molecule has 5 heteroatoms. The van der Waals surface area contributed by atoms with E-state index in [0.717, 1.165) is 6.07 Å². The first kappa shape index (κ1) is 10.8. The number of carboxylic acid groups (broad SMARTS) is 1. The highest BCUT2D eigenvalue weighted by Crippen LogP contribution is 2.34. The number of aromatic hydroxyl groups is 1. The van der Waals surface area contributed by atoms with E-state index < -0.39 is 23.5 Å². The van der Waals surface area contributed by atoms with E-state index in [1.807, 2.05) is 0 Å². The monoisotopic (exact) mass is 218 g/mol. The Labute approximate surface area is 84.7 Å². The highest BCUT2D eigenvalue weighted by molar-refractivity contribution is 6.31. The predicted molar refractivity (Wildman–Crippen MR) is 49.1 cm³/mol. The fraction of sp³-hybridized carbons (Fsp3) is 0.222. The molecule has 0 saturated carbocycles. The first-order valence-electron chi connectivity index (χ1n) is 3.84. The lowest BCUT2D eigenvalue weighted by Gasteiger charge is -2.11. The molecule has 76 valence electrons. The Hall–Kier alpha value is -1.29. The van der Waals surface area contributed by atoms with Crippen LogP contribution >= 0.6 is 11.6 Å². The third kappa shape index (κ3) is 1.80. The summed E-state index contributed by atoms with van der Waals surface area (Å²) in [6.07, 6.45) is 0. The summed E-state index contributed by atoms with van der Waals surface area (Å²) >= 11 is 5.65. The molecule has 0 amide bonds. The van der Waals surface area contributed by atoms with Gasteiger partial charge in [-0.3, -0.25) is 4.79 Å². The minimum Gasteiger partial charge on any atom is -0.505 e. The van der Waals surface area contributed by atoms with Crippen LogP contribution in [0.15, 0.2) is 12.1 Å². The summed E-state index contributed by atoms with van der Waals surface area (Å²) in [7, 11) is 0. The van der Waals surface area contributed by atoms with Crippen LogP contribution in [0.5, 0.6) is 5.75 Å². The van der Waals surface area contributed by atoms with E-state index in [1.165, 1.54) is 13.0 Å². The van der Waals surface area contributed by atoms with Crippen LogP contribution in [-0.4, -0.2) is 16.2 Å². The molecular weight excluding hydrogens is 211 g/mol. The zero-order chi connectivity index (χ0) is 10.9. The lowest BCUT2D eigenvalue weighted by Crippen LogP contribution is -2.08. The molecule has 1 unspecified atom stereocenters. The van der Waals surface area contributed by atoms with Gasteiger partial charge in [0.2, 0.25) is 0 Å². The first-order valence-corrected chi connectivity index (χ1v) is 4.22. The zero-order valence-corrected chi connectivity index (χ0v) is 8.05. The summed E-state index contributed by atoms with van der Waals surface area (Å²) in [5, 5.41) is 18.0. The van der Waals surface area contributed by atoms with Gasteiger partial charge in [0.25, 0.3) is 0 Å². The maximum Gasteiger partial charge on any atom is 0.310 e. The lowest BCUT2D eigenvalue weighted by molar-refractivity contribution is -0.138. The van der Waals surface area contributed by atoms with Crippen molar-refractivity contribution in [1.29, 1.82) is 0 Å². The summed E-state index contributed by atoms with van der Waals surface area (Å²) in [5.74, 6) is -3.80. The van der Waals surface area contributed by atoms with Crippen molar-refractivity contribution in [2.75, 3.05) is 0 Å². The van der Waals surface area contributed by atoms with Crippen molar-refractivity contribution in [3.63, 3.8) is 0 Å². The first-order chi connectivity index (χ1) is 6.45. The molecule has 0 aliphatic heterocycles. The molecule has 0 radical (unpaired) electrons. The van der Waals surface area contributed by atoms with Gasteiger partial charge < -0.3 is 10.2 Å². The highest BCUT2D eigenvalue weighted by Gasteiger charge is 2.22. The second-order valence-corrected chi connectivity index (χ2v) is 3.26. The van der Waals surface area contributed by atoms with Crippen LogP contribution in [0.3, 0.4) is 0 Å². The molecule has 0 aromatic heterocycles. The number of hydrogen-bond donors (Lipinski definition) is 2. The maximum atomic E-state index is 12.9. The summed E-state index contributed by atoms with van der Waals surface area (Å²) in [6.45, 7) is 1.32. The smallest absolute Gasteiger partial charge is 0.310 e. The van der Waals surface area contributed by atoms with Gasteiger partial charge in [-0.05, 0) is 19.1 Å². The quantitative estimate of drug-likeness (QED) is 0.801. The molecule has 0 bridgehead atoms. The molecule has 0 heterocycles. The van der Waals surface area contributed by atoms with Gasteiger partial charge in [0.1, 0.15) is 0 Å². The summed E-state index contributed by atoms with van der Waals surface area (Å²) in [6, 6.07) is 2.20. The van der Waals surface area contributed by atoms with Gasteiger partial charge in [0.05, 0.1) is 5.92 Å². The minimum atomic E-state index is -1.17. The van der Waals surface area contributed by atoms with Gasteiger partial charge in [0, 0.05) is 10.6 Å². The molecule has 0 fully saturated rings. The fourth-order valence-corrected chi connectivity index (χ4v) is 1.41. The van der Waals surface area contributed by atoms with E-state index in [2.05, 4.69) is 0 Å². The fourth-order valence-electron chi connectivity index (χ4n) is 1.09. The zero-order valence-electron chi connectivity index (χ0n) is 7.29. The van der Waals surface area contributed by atoms with Gasteiger partial charge in [-0.2, -0.15) is 0 Å². The van der Waals surface area contributed by atoms with E-state index in [0.29, 0.717) is 0 Å². The van der Waals surface area contributed by atoms with Crippen molar-refractivity contribution in [2.45, 2.75) is 12.8 Å². The van der Waals surface area contributed by atoms with E-state index in [-0.39, 0.29) is 10.6 Å². The van der Waals surface area contributed by atoms with Gasteiger partial charge in [-0.1, -0.05) is 11.6 Å². The second kappa shape index (κ2) is 3.84. The second-order valence-electron chi connectivity index (χ2n) is 2.85. The van der Waals surface area contributed by atoms with Crippen LogP contribution in [0.4, 0.5) is 4.39 Å². The molecule has 3 nitrogen and oxygen atoms in total. The molecule has 0 spiro atoms. The van der Waals surface area contributed by atoms with Gasteiger partial charge in [-0.15, -0.1) is 0 Å². The molecule has 1 atom stereocenters. The Balaban J connectivity index is 3.32. The summed E-state index contributed by atoms with van der Waals surface area (Å²) < 4.78 is 12.9. The molecule has 1 rings (SSSR count). The van der Waals surface area contributed by atoms with Crippen LogP contribution in [0.1, 0.15) is 18.4 Å². The minimum absolute atomic E-state index is 0.0406. The van der Waals surface area contributed by atoms with E-state index in [9.17, 15) is 14.3 Å². The number of hydrogen-bond acceptors (Lipinski definition) is 2. The van der Waals surface area contributed by atoms with Gasteiger partial charge in [-0.25, -0.2) is 4.39 Å². The molecule has 2 N–H and O–H groups in total. The number of halogens is 2. The number of benzene rings is 1. The lowest BCUT2D eigenvalue weighted by atomic mass is 10.00. The Kier molecular flexibility index (Phi) is 2.96. The number of aliphatic carboxylic acids is 1. The number of carboxylic acids is 1. The Morgan fingerprint density at radius 3 is 2.64 bits per heavy atom.